The van der Waals surface area contributed by atoms with Crippen molar-refractivity contribution in [2.75, 3.05) is 33.4 Å². The molecule has 5 nitrogen and oxygen atoms in total. The van der Waals surface area contributed by atoms with Gasteiger partial charge < -0.3 is 14.4 Å². The first kappa shape index (κ1) is 16.1. The molecule has 1 atom stereocenters. The fourth-order valence-corrected chi connectivity index (χ4v) is 3.11. The summed E-state index contributed by atoms with van der Waals surface area (Å²) in [5.41, 5.74) is 0.950. The second-order valence-electron chi connectivity index (χ2n) is 6.48. The fraction of sp³-hybridized carbons (Fsp3) is 0.556. The van der Waals surface area contributed by atoms with Crippen LogP contribution in [-0.4, -0.2) is 53.8 Å². The van der Waals surface area contributed by atoms with Crippen molar-refractivity contribution < 1.29 is 9.47 Å². The number of aromatic nitrogens is 2. The summed E-state index contributed by atoms with van der Waals surface area (Å²) in [4.78, 5) is 11.3. The molecule has 5 heteroatoms. The molecule has 1 aliphatic heterocycles. The largest absolute Gasteiger partial charge is 0.477 e. The quantitative estimate of drug-likeness (QED) is 0.767. The molecule has 0 N–H and O–H groups in total. The van der Waals surface area contributed by atoms with Crippen LogP contribution in [0.1, 0.15) is 25.6 Å². The molecule has 1 aromatic carbocycles. The third kappa shape index (κ3) is 3.79. The second kappa shape index (κ2) is 6.81. The van der Waals surface area contributed by atoms with E-state index in [0.717, 1.165) is 49.2 Å². The normalized spacial score (nSPS) is 21.9. The first-order valence-electron chi connectivity index (χ1n) is 8.23. The van der Waals surface area contributed by atoms with E-state index < -0.39 is 0 Å². The Morgan fingerprint density at radius 1 is 1.26 bits per heavy atom. The molecule has 1 aromatic heterocycles. The molecule has 3 rings (SSSR count). The number of rotatable bonds is 6. The summed E-state index contributed by atoms with van der Waals surface area (Å²) in [6.45, 7) is 7.87. The van der Waals surface area contributed by atoms with E-state index in [-0.39, 0.29) is 5.60 Å². The van der Waals surface area contributed by atoms with Gasteiger partial charge in [-0.05, 0) is 38.8 Å². The van der Waals surface area contributed by atoms with Crippen LogP contribution in [0.25, 0.3) is 10.9 Å². The zero-order valence-electron chi connectivity index (χ0n) is 14.2. The first-order chi connectivity index (χ1) is 11.1. The number of likely N-dealkylation sites (tertiary alicyclic amines) is 1. The van der Waals surface area contributed by atoms with Gasteiger partial charge in [0.25, 0.3) is 0 Å². The zero-order valence-corrected chi connectivity index (χ0v) is 14.2. The van der Waals surface area contributed by atoms with Gasteiger partial charge >= 0.3 is 0 Å². The Balaban J connectivity index is 1.54. The second-order valence-corrected chi connectivity index (χ2v) is 6.48. The molecule has 0 amide bonds. The van der Waals surface area contributed by atoms with E-state index in [1.807, 2.05) is 31.2 Å². The zero-order chi connectivity index (χ0) is 16.3. The van der Waals surface area contributed by atoms with E-state index in [1.54, 1.807) is 7.11 Å². The molecule has 0 saturated carbocycles. The Kier molecular flexibility index (Phi) is 4.78. The van der Waals surface area contributed by atoms with E-state index in [1.165, 1.54) is 0 Å². The van der Waals surface area contributed by atoms with E-state index in [4.69, 9.17) is 9.47 Å². The summed E-state index contributed by atoms with van der Waals surface area (Å²) in [5.74, 6) is 1.44. The minimum absolute atomic E-state index is 0.0147. The van der Waals surface area contributed by atoms with Gasteiger partial charge in [-0.15, -0.1) is 0 Å². The van der Waals surface area contributed by atoms with Gasteiger partial charge in [0.15, 0.2) is 0 Å². The van der Waals surface area contributed by atoms with Crippen molar-refractivity contribution in [2.45, 2.75) is 32.3 Å². The Bertz CT molecular complexity index is 676. The summed E-state index contributed by atoms with van der Waals surface area (Å²) >= 11 is 0. The number of fused-ring (bicyclic) bond motifs is 1. The van der Waals surface area contributed by atoms with Crippen LogP contribution in [0.5, 0.6) is 5.88 Å². The van der Waals surface area contributed by atoms with Crippen LogP contribution in [0.3, 0.4) is 0 Å². The van der Waals surface area contributed by atoms with Gasteiger partial charge in [-0.2, -0.15) is 4.98 Å². The van der Waals surface area contributed by atoms with Crippen molar-refractivity contribution in [3.05, 3.63) is 30.1 Å². The highest BCUT2D eigenvalue weighted by Crippen LogP contribution is 2.24. The van der Waals surface area contributed by atoms with Crippen LogP contribution in [-0.2, 0) is 4.74 Å². The number of hydrogen-bond donors (Lipinski definition) is 0. The van der Waals surface area contributed by atoms with Gasteiger partial charge in [-0.3, -0.25) is 0 Å². The number of para-hydroxylation sites is 1. The molecule has 0 radical (unpaired) electrons. The lowest BCUT2D eigenvalue weighted by Crippen LogP contribution is -2.32. The van der Waals surface area contributed by atoms with Crippen LogP contribution >= 0.6 is 0 Å². The Morgan fingerprint density at radius 3 is 2.87 bits per heavy atom. The van der Waals surface area contributed by atoms with Crippen LogP contribution in [0.4, 0.5) is 0 Å². The summed E-state index contributed by atoms with van der Waals surface area (Å²) in [6.07, 6.45) is 2.08. The highest BCUT2D eigenvalue weighted by Gasteiger charge is 2.32. The summed E-state index contributed by atoms with van der Waals surface area (Å²) in [7, 11) is 1.80. The van der Waals surface area contributed by atoms with Gasteiger partial charge in [-0.25, -0.2) is 4.98 Å². The standard InChI is InChI=1S/C18H25N3O2/c1-14-19-16-8-5-4-7-15(16)17(20-14)23-12-6-10-21-11-9-18(2,13-21)22-3/h4-5,7-8H,6,9-13H2,1-3H3. The lowest BCUT2D eigenvalue weighted by Gasteiger charge is -2.23. The number of aryl methyl sites for hydroxylation is 1. The molecule has 2 heterocycles. The van der Waals surface area contributed by atoms with Gasteiger partial charge in [0, 0.05) is 26.7 Å². The molecule has 1 aliphatic rings. The molecule has 23 heavy (non-hydrogen) atoms. The first-order valence-corrected chi connectivity index (χ1v) is 8.23. The highest BCUT2D eigenvalue weighted by atomic mass is 16.5. The number of methoxy groups -OCH3 is 1. The fourth-order valence-electron chi connectivity index (χ4n) is 3.11. The van der Waals surface area contributed by atoms with Gasteiger partial charge in [0.2, 0.25) is 5.88 Å². The molecule has 124 valence electrons. The lowest BCUT2D eigenvalue weighted by atomic mass is 10.1. The van der Waals surface area contributed by atoms with Crippen molar-refractivity contribution in [3.63, 3.8) is 0 Å². The number of ether oxygens (including phenoxy) is 2. The molecule has 1 fully saturated rings. The minimum atomic E-state index is 0.0147. The molecule has 0 aliphatic carbocycles. The highest BCUT2D eigenvalue weighted by molar-refractivity contribution is 5.83. The average molecular weight is 315 g/mol. The summed E-state index contributed by atoms with van der Waals surface area (Å²) in [6, 6.07) is 7.98. The summed E-state index contributed by atoms with van der Waals surface area (Å²) < 4.78 is 11.5. The molecule has 0 bridgehead atoms. The topological polar surface area (TPSA) is 47.5 Å². The van der Waals surface area contributed by atoms with Crippen LogP contribution in [0, 0.1) is 6.92 Å². The SMILES string of the molecule is COC1(C)CCN(CCCOc2nc(C)nc3ccccc23)C1. The maximum atomic E-state index is 5.93. The molecule has 1 unspecified atom stereocenters. The van der Waals surface area contributed by atoms with Crippen molar-refractivity contribution >= 4 is 10.9 Å². The van der Waals surface area contributed by atoms with E-state index in [2.05, 4.69) is 21.8 Å². The maximum absolute atomic E-state index is 5.93. The molecule has 1 saturated heterocycles. The number of hydrogen-bond acceptors (Lipinski definition) is 5. The van der Waals surface area contributed by atoms with Crippen molar-refractivity contribution in [2.24, 2.45) is 0 Å². The van der Waals surface area contributed by atoms with E-state index in [0.29, 0.717) is 12.5 Å². The van der Waals surface area contributed by atoms with E-state index in [9.17, 15) is 0 Å². The van der Waals surface area contributed by atoms with Crippen LogP contribution < -0.4 is 4.74 Å². The van der Waals surface area contributed by atoms with Crippen LogP contribution in [0.15, 0.2) is 24.3 Å². The van der Waals surface area contributed by atoms with Crippen LogP contribution in [0.2, 0.25) is 0 Å². The Labute approximate surface area is 137 Å². The Hall–Kier alpha value is -1.72. The Morgan fingerprint density at radius 2 is 2.09 bits per heavy atom. The lowest BCUT2D eigenvalue weighted by molar-refractivity contribution is 0.0146. The van der Waals surface area contributed by atoms with Crippen molar-refractivity contribution in [3.8, 4) is 5.88 Å². The monoisotopic (exact) mass is 315 g/mol. The molecular formula is C18H25N3O2. The van der Waals surface area contributed by atoms with E-state index >= 15 is 0 Å². The minimum Gasteiger partial charge on any atom is -0.477 e. The van der Waals surface area contributed by atoms with Gasteiger partial charge in [0.1, 0.15) is 5.82 Å². The molecule has 2 aromatic rings. The third-order valence-electron chi connectivity index (χ3n) is 4.55. The van der Waals surface area contributed by atoms with Crippen molar-refractivity contribution in [1.82, 2.24) is 14.9 Å². The van der Waals surface area contributed by atoms with Gasteiger partial charge in [0.05, 0.1) is 23.1 Å². The predicted octanol–water partition coefficient (Wildman–Crippen LogP) is 2.82. The van der Waals surface area contributed by atoms with Gasteiger partial charge in [-0.1, -0.05) is 12.1 Å². The summed E-state index contributed by atoms with van der Waals surface area (Å²) in [5, 5.41) is 0.978. The van der Waals surface area contributed by atoms with Crippen molar-refractivity contribution in [1.29, 1.82) is 0 Å². The molecule has 0 spiro atoms. The maximum Gasteiger partial charge on any atom is 0.224 e. The number of nitrogens with zero attached hydrogens (tertiary/aromatic N) is 3. The predicted molar refractivity (Wildman–Crippen MR) is 90.9 cm³/mol. The average Bonchev–Trinajstić information content (AvgIpc) is 2.93. The number of benzene rings is 1. The smallest absolute Gasteiger partial charge is 0.224 e. The molecular weight excluding hydrogens is 290 g/mol. The third-order valence-corrected chi connectivity index (χ3v) is 4.55.